The van der Waals surface area contributed by atoms with Crippen molar-refractivity contribution in [1.29, 1.82) is 0 Å². The highest BCUT2D eigenvalue weighted by Crippen LogP contribution is 2.23. The van der Waals surface area contributed by atoms with Gasteiger partial charge in [0.25, 0.3) is 5.91 Å². The maximum Gasteiger partial charge on any atom is 0.253 e. The summed E-state index contributed by atoms with van der Waals surface area (Å²) in [6, 6.07) is 8.22. The normalized spacial score (nSPS) is 11.6. The van der Waals surface area contributed by atoms with Crippen LogP contribution in [0.25, 0.3) is 0 Å². The number of carbonyl (C=O) groups excluding carboxylic acids is 1. The monoisotopic (exact) mass is 365 g/mol. The number of nitrogens with one attached hydrogen (secondary N) is 2. The van der Waals surface area contributed by atoms with E-state index >= 15 is 0 Å². The van der Waals surface area contributed by atoms with Crippen LogP contribution in [0.1, 0.15) is 22.0 Å². The second kappa shape index (κ2) is 8.68. The molecule has 0 bridgehead atoms. The number of aromatic nitrogens is 1. The van der Waals surface area contributed by atoms with Gasteiger partial charge >= 0.3 is 0 Å². The molecule has 1 unspecified atom stereocenters. The highest BCUT2D eigenvalue weighted by molar-refractivity contribution is 6.34. The Kier molecular flexibility index (Phi) is 6.61. The van der Waals surface area contributed by atoms with Crippen LogP contribution in [0.15, 0.2) is 49.2 Å². The number of carbonyl (C=O) groups is 1. The summed E-state index contributed by atoms with van der Waals surface area (Å²) in [5.41, 5.74) is 1.06. The van der Waals surface area contributed by atoms with E-state index in [4.69, 9.17) is 23.2 Å². The molecular weight excluding hydrogens is 349 g/mol. The zero-order chi connectivity index (χ0) is 17.5. The van der Waals surface area contributed by atoms with Gasteiger partial charge in [0.1, 0.15) is 5.82 Å². The Morgan fingerprint density at radius 1 is 1.29 bits per heavy atom. The first-order valence-electron chi connectivity index (χ1n) is 7.22. The van der Waals surface area contributed by atoms with Gasteiger partial charge in [-0.3, -0.25) is 4.79 Å². The van der Waals surface area contributed by atoms with Gasteiger partial charge in [-0.05, 0) is 35.9 Å². The summed E-state index contributed by atoms with van der Waals surface area (Å²) >= 11 is 11.8. The van der Waals surface area contributed by atoms with Crippen LogP contribution in [0.2, 0.25) is 10.0 Å². The molecule has 2 rings (SSSR count). The number of aliphatic hydroxyl groups is 1. The van der Waals surface area contributed by atoms with E-state index in [0.717, 1.165) is 0 Å². The van der Waals surface area contributed by atoms with E-state index in [1.165, 1.54) is 6.20 Å². The summed E-state index contributed by atoms with van der Waals surface area (Å²) in [5.74, 6) is 0.324. The van der Waals surface area contributed by atoms with Gasteiger partial charge in [0.2, 0.25) is 0 Å². The Labute approximate surface area is 150 Å². The Bertz CT molecular complexity index is 700. The van der Waals surface area contributed by atoms with Crippen molar-refractivity contribution in [2.75, 3.05) is 18.4 Å². The fourth-order valence-electron chi connectivity index (χ4n) is 1.99. The van der Waals surface area contributed by atoms with Crippen LogP contribution >= 0.6 is 23.2 Å². The smallest absolute Gasteiger partial charge is 0.253 e. The standard InChI is InChI=1S/C17H17Cl2N3O2/c1-2-5-20-17(24)11-3-4-16(21-9-11)22-10-15(23)12-6-13(18)8-14(19)7-12/h2-4,6-9,15,23H,1,5,10H2,(H,20,24)(H,21,22). The summed E-state index contributed by atoms with van der Waals surface area (Å²) in [6.45, 7) is 4.16. The molecule has 1 amide bonds. The Morgan fingerprint density at radius 3 is 2.58 bits per heavy atom. The van der Waals surface area contributed by atoms with E-state index in [9.17, 15) is 9.90 Å². The van der Waals surface area contributed by atoms with Crippen LogP contribution in [0.5, 0.6) is 0 Å². The van der Waals surface area contributed by atoms with Gasteiger partial charge < -0.3 is 15.7 Å². The van der Waals surface area contributed by atoms with Crippen molar-refractivity contribution in [3.8, 4) is 0 Å². The van der Waals surface area contributed by atoms with Crippen LogP contribution in [-0.2, 0) is 0 Å². The first-order chi connectivity index (χ1) is 11.5. The van der Waals surface area contributed by atoms with Crippen LogP contribution in [0, 0.1) is 0 Å². The molecule has 3 N–H and O–H groups in total. The number of aliphatic hydroxyl groups excluding tert-OH is 1. The van der Waals surface area contributed by atoms with E-state index in [0.29, 0.717) is 33.5 Å². The average Bonchev–Trinajstić information content (AvgIpc) is 2.57. The van der Waals surface area contributed by atoms with Crippen molar-refractivity contribution in [2.45, 2.75) is 6.10 Å². The number of hydrogen-bond donors (Lipinski definition) is 3. The third kappa shape index (κ3) is 5.23. The second-order valence-corrected chi connectivity index (χ2v) is 5.90. The molecule has 2 aromatic rings. The predicted molar refractivity (Wildman–Crippen MR) is 96.7 cm³/mol. The van der Waals surface area contributed by atoms with Crippen molar-refractivity contribution in [1.82, 2.24) is 10.3 Å². The maximum absolute atomic E-state index is 11.7. The van der Waals surface area contributed by atoms with Crippen molar-refractivity contribution in [3.63, 3.8) is 0 Å². The summed E-state index contributed by atoms with van der Waals surface area (Å²) in [6.07, 6.45) is 2.27. The van der Waals surface area contributed by atoms with E-state index in [1.807, 2.05) is 0 Å². The minimum Gasteiger partial charge on any atom is -0.387 e. The lowest BCUT2D eigenvalue weighted by Gasteiger charge is -2.13. The number of rotatable bonds is 7. The zero-order valence-corrected chi connectivity index (χ0v) is 14.3. The lowest BCUT2D eigenvalue weighted by atomic mass is 10.1. The molecule has 0 saturated heterocycles. The summed E-state index contributed by atoms with van der Waals surface area (Å²) in [5, 5.41) is 16.8. The quantitative estimate of drug-likeness (QED) is 0.657. The zero-order valence-electron chi connectivity index (χ0n) is 12.8. The number of hydrogen-bond acceptors (Lipinski definition) is 4. The van der Waals surface area contributed by atoms with Crippen molar-refractivity contribution in [2.24, 2.45) is 0 Å². The molecule has 0 saturated carbocycles. The molecule has 1 aromatic carbocycles. The minimum atomic E-state index is -0.793. The van der Waals surface area contributed by atoms with Gasteiger partial charge in [0.15, 0.2) is 0 Å². The lowest BCUT2D eigenvalue weighted by Crippen LogP contribution is -2.23. The number of nitrogens with zero attached hydrogens (tertiary/aromatic N) is 1. The number of halogens is 2. The lowest BCUT2D eigenvalue weighted by molar-refractivity contribution is 0.0957. The van der Waals surface area contributed by atoms with Gasteiger partial charge in [-0.2, -0.15) is 0 Å². The van der Waals surface area contributed by atoms with E-state index in [-0.39, 0.29) is 12.5 Å². The molecule has 0 aliphatic carbocycles. The van der Waals surface area contributed by atoms with Gasteiger partial charge in [0.05, 0.1) is 11.7 Å². The summed E-state index contributed by atoms with van der Waals surface area (Å²) in [4.78, 5) is 15.9. The van der Waals surface area contributed by atoms with E-state index in [2.05, 4.69) is 22.2 Å². The molecule has 1 heterocycles. The minimum absolute atomic E-state index is 0.220. The molecule has 7 heteroatoms. The Balaban J connectivity index is 1.94. The first kappa shape index (κ1) is 18.3. The molecule has 0 aliphatic heterocycles. The Hall–Kier alpha value is -2.08. The third-order valence-electron chi connectivity index (χ3n) is 3.18. The fourth-order valence-corrected chi connectivity index (χ4v) is 2.53. The second-order valence-electron chi connectivity index (χ2n) is 5.03. The highest BCUT2D eigenvalue weighted by Gasteiger charge is 2.10. The molecule has 0 fully saturated rings. The van der Waals surface area contributed by atoms with E-state index < -0.39 is 6.10 Å². The van der Waals surface area contributed by atoms with Crippen molar-refractivity contribution in [3.05, 3.63) is 70.4 Å². The molecule has 5 nitrogen and oxygen atoms in total. The number of anilines is 1. The van der Waals surface area contributed by atoms with E-state index in [1.54, 1.807) is 36.4 Å². The van der Waals surface area contributed by atoms with Gasteiger partial charge in [0, 0.05) is 29.3 Å². The number of amides is 1. The maximum atomic E-state index is 11.7. The molecule has 0 aliphatic rings. The fraction of sp³-hybridized carbons (Fsp3) is 0.176. The van der Waals surface area contributed by atoms with Crippen LogP contribution in [0.3, 0.4) is 0 Å². The third-order valence-corrected chi connectivity index (χ3v) is 3.62. The average molecular weight is 366 g/mol. The molecule has 0 radical (unpaired) electrons. The highest BCUT2D eigenvalue weighted by atomic mass is 35.5. The first-order valence-corrected chi connectivity index (χ1v) is 7.98. The Morgan fingerprint density at radius 2 is 2.00 bits per heavy atom. The number of pyridine rings is 1. The topological polar surface area (TPSA) is 74.2 Å². The largest absolute Gasteiger partial charge is 0.387 e. The van der Waals surface area contributed by atoms with Gasteiger partial charge in [-0.25, -0.2) is 4.98 Å². The van der Waals surface area contributed by atoms with Crippen molar-refractivity contribution < 1.29 is 9.90 Å². The van der Waals surface area contributed by atoms with Gasteiger partial charge in [-0.15, -0.1) is 6.58 Å². The number of benzene rings is 1. The van der Waals surface area contributed by atoms with Crippen LogP contribution < -0.4 is 10.6 Å². The van der Waals surface area contributed by atoms with Crippen LogP contribution in [-0.4, -0.2) is 29.1 Å². The summed E-state index contributed by atoms with van der Waals surface area (Å²) < 4.78 is 0. The summed E-state index contributed by atoms with van der Waals surface area (Å²) in [7, 11) is 0. The predicted octanol–water partition coefficient (Wildman–Crippen LogP) is 3.45. The molecular formula is C17H17Cl2N3O2. The van der Waals surface area contributed by atoms with Crippen molar-refractivity contribution >= 4 is 34.9 Å². The molecule has 1 atom stereocenters. The van der Waals surface area contributed by atoms with Crippen LogP contribution in [0.4, 0.5) is 5.82 Å². The molecule has 0 spiro atoms. The molecule has 126 valence electrons. The SMILES string of the molecule is C=CCNC(=O)c1ccc(NCC(O)c2cc(Cl)cc(Cl)c2)nc1. The van der Waals surface area contributed by atoms with Gasteiger partial charge in [-0.1, -0.05) is 29.3 Å². The molecule has 24 heavy (non-hydrogen) atoms. The molecule has 1 aromatic heterocycles.